The third kappa shape index (κ3) is 3.49. The van der Waals surface area contributed by atoms with Crippen molar-refractivity contribution in [3.63, 3.8) is 0 Å². The number of carbonyl (C=O) groups is 1. The van der Waals surface area contributed by atoms with E-state index < -0.39 is 6.09 Å². The predicted octanol–water partition coefficient (Wildman–Crippen LogP) is 2.85. The Morgan fingerprint density at radius 1 is 1.29 bits per heavy atom. The lowest BCUT2D eigenvalue weighted by Crippen LogP contribution is -2.41. The molecular formula is C12H15IN2O2. The van der Waals surface area contributed by atoms with Gasteiger partial charge in [-0.25, -0.2) is 4.79 Å². The standard InChI is InChI=1S/C12H15IN2O2/c13-9-1-3-10(4-2-9)14-11-5-7-15(8-6-11)12(16)17/h1-4,11,14H,5-8H2,(H,16,17). The van der Waals surface area contributed by atoms with Crippen LogP contribution in [0.15, 0.2) is 24.3 Å². The number of rotatable bonds is 2. The number of likely N-dealkylation sites (tertiary alicyclic amines) is 1. The lowest BCUT2D eigenvalue weighted by atomic mass is 10.1. The van der Waals surface area contributed by atoms with Gasteiger partial charge in [-0.1, -0.05) is 0 Å². The van der Waals surface area contributed by atoms with Gasteiger partial charge in [0, 0.05) is 28.4 Å². The molecule has 1 amide bonds. The molecule has 0 unspecified atom stereocenters. The molecule has 2 rings (SSSR count). The van der Waals surface area contributed by atoms with E-state index >= 15 is 0 Å². The first-order valence-electron chi connectivity index (χ1n) is 5.65. The highest BCUT2D eigenvalue weighted by Gasteiger charge is 2.21. The number of benzene rings is 1. The van der Waals surface area contributed by atoms with Gasteiger partial charge in [0.1, 0.15) is 0 Å². The predicted molar refractivity (Wildman–Crippen MR) is 75.4 cm³/mol. The second-order valence-electron chi connectivity index (χ2n) is 4.20. The van der Waals surface area contributed by atoms with E-state index in [4.69, 9.17) is 5.11 Å². The summed E-state index contributed by atoms with van der Waals surface area (Å²) in [5, 5.41) is 12.3. The van der Waals surface area contributed by atoms with E-state index in [9.17, 15) is 4.79 Å². The molecular weight excluding hydrogens is 331 g/mol. The lowest BCUT2D eigenvalue weighted by molar-refractivity contribution is 0.134. The minimum absolute atomic E-state index is 0.380. The molecule has 1 fully saturated rings. The Labute approximate surface area is 114 Å². The van der Waals surface area contributed by atoms with Gasteiger partial charge in [0.15, 0.2) is 0 Å². The number of anilines is 1. The van der Waals surface area contributed by atoms with Crippen molar-refractivity contribution in [2.75, 3.05) is 18.4 Å². The molecule has 1 saturated heterocycles. The number of hydrogen-bond donors (Lipinski definition) is 2. The number of carboxylic acid groups (broad SMARTS) is 1. The van der Waals surface area contributed by atoms with Crippen LogP contribution in [0.3, 0.4) is 0 Å². The van der Waals surface area contributed by atoms with Gasteiger partial charge < -0.3 is 15.3 Å². The molecule has 1 aliphatic rings. The highest BCUT2D eigenvalue weighted by molar-refractivity contribution is 14.1. The Hall–Kier alpha value is -0.980. The molecule has 0 radical (unpaired) electrons. The van der Waals surface area contributed by atoms with E-state index in [2.05, 4.69) is 52.2 Å². The molecule has 0 atom stereocenters. The number of nitrogens with zero attached hydrogens (tertiary/aromatic N) is 1. The van der Waals surface area contributed by atoms with Crippen molar-refractivity contribution in [1.29, 1.82) is 0 Å². The van der Waals surface area contributed by atoms with Crippen molar-refractivity contribution in [1.82, 2.24) is 4.90 Å². The average molecular weight is 346 g/mol. The molecule has 0 aromatic heterocycles. The summed E-state index contributed by atoms with van der Waals surface area (Å²) in [6.07, 6.45) is 0.939. The maximum atomic E-state index is 10.8. The van der Waals surface area contributed by atoms with Crippen molar-refractivity contribution in [3.8, 4) is 0 Å². The quantitative estimate of drug-likeness (QED) is 0.810. The van der Waals surface area contributed by atoms with Crippen LogP contribution in [-0.4, -0.2) is 35.2 Å². The molecule has 92 valence electrons. The number of nitrogens with one attached hydrogen (secondary N) is 1. The second-order valence-corrected chi connectivity index (χ2v) is 5.44. The van der Waals surface area contributed by atoms with Crippen LogP contribution in [0.2, 0.25) is 0 Å². The summed E-state index contributed by atoms with van der Waals surface area (Å²) in [7, 11) is 0. The van der Waals surface area contributed by atoms with Crippen molar-refractivity contribution in [2.24, 2.45) is 0 Å². The van der Waals surface area contributed by atoms with E-state index in [0.29, 0.717) is 19.1 Å². The minimum atomic E-state index is -0.808. The summed E-state index contributed by atoms with van der Waals surface area (Å²) >= 11 is 2.28. The molecule has 0 saturated carbocycles. The molecule has 0 aliphatic carbocycles. The van der Waals surface area contributed by atoms with Crippen LogP contribution in [0.4, 0.5) is 10.5 Å². The minimum Gasteiger partial charge on any atom is -0.465 e. The van der Waals surface area contributed by atoms with Gasteiger partial charge in [-0.2, -0.15) is 0 Å². The van der Waals surface area contributed by atoms with Crippen LogP contribution in [-0.2, 0) is 0 Å². The fourth-order valence-electron chi connectivity index (χ4n) is 2.00. The smallest absolute Gasteiger partial charge is 0.407 e. The van der Waals surface area contributed by atoms with Crippen LogP contribution in [0.1, 0.15) is 12.8 Å². The first-order valence-corrected chi connectivity index (χ1v) is 6.73. The third-order valence-electron chi connectivity index (χ3n) is 2.98. The van der Waals surface area contributed by atoms with Crippen LogP contribution >= 0.6 is 22.6 Å². The van der Waals surface area contributed by atoms with E-state index in [0.717, 1.165) is 18.5 Å². The molecule has 0 spiro atoms. The summed E-state index contributed by atoms with van der Waals surface area (Å²) in [6.45, 7) is 1.24. The van der Waals surface area contributed by atoms with E-state index in [1.54, 1.807) is 0 Å². The van der Waals surface area contributed by atoms with Crippen molar-refractivity contribution in [2.45, 2.75) is 18.9 Å². The van der Waals surface area contributed by atoms with Crippen LogP contribution in [0, 0.1) is 3.57 Å². The normalized spacial score (nSPS) is 16.9. The SMILES string of the molecule is O=C(O)N1CCC(Nc2ccc(I)cc2)CC1. The van der Waals surface area contributed by atoms with Crippen LogP contribution < -0.4 is 5.32 Å². The van der Waals surface area contributed by atoms with Gasteiger partial charge >= 0.3 is 6.09 Å². The maximum Gasteiger partial charge on any atom is 0.407 e. The molecule has 1 heterocycles. The fourth-order valence-corrected chi connectivity index (χ4v) is 2.36. The van der Waals surface area contributed by atoms with E-state index in [1.165, 1.54) is 8.47 Å². The molecule has 1 aromatic carbocycles. The third-order valence-corrected chi connectivity index (χ3v) is 3.70. The number of hydrogen-bond acceptors (Lipinski definition) is 2. The second kappa shape index (κ2) is 5.57. The zero-order valence-corrected chi connectivity index (χ0v) is 11.6. The van der Waals surface area contributed by atoms with Gasteiger partial charge in [-0.15, -0.1) is 0 Å². The topological polar surface area (TPSA) is 52.6 Å². The van der Waals surface area contributed by atoms with Gasteiger partial charge in [0.25, 0.3) is 0 Å². The van der Waals surface area contributed by atoms with Gasteiger partial charge in [0.2, 0.25) is 0 Å². The van der Waals surface area contributed by atoms with E-state index in [-0.39, 0.29) is 0 Å². The summed E-state index contributed by atoms with van der Waals surface area (Å²) < 4.78 is 1.22. The Balaban J connectivity index is 1.85. The molecule has 17 heavy (non-hydrogen) atoms. The van der Waals surface area contributed by atoms with Crippen molar-refractivity contribution >= 4 is 34.4 Å². The summed E-state index contributed by atoms with van der Waals surface area (Å²) in [5.74, 6) is 0. The largest absolute Gasteiger partial charge is 0.465 e. The molecule has 4 nitrogen and oxygen atoms in total. The van der Waals surface area contributed by atoms with Crippen LogP contribution in [0.25, 0.3) is 0 Å². The number of halogens is 1. The monoisotopic (exact) mass is 346 g/mol. The molecule has 0 bridgehead atoms. The maximum absolute atomic E-state index is 10.8. The Morgan fingerprint density at radius 3 is 2.41 bits per heavy atom. The summed E-state index contributed by atoms with van der Waals surface area (Å²) in [5.41, 5.74) is 1.11. The highest BCUT2D eigenvalue weighted by Crippen LogP contribution is 2.17. The first kappa shape index (κ1) is 12.5. The average Bonchev–Trinajstić information content (AvgIpc) is 2.33. The van der Waals surface area contributed by atoms with Crippen molar-refractivity contribution < 1.29 is 9.90 Å². The Bertz CT molecular complexity index is 386. The first-order chi connectivity index (χ1) is 8.15. The van der Waals surface area contributed by atoms with Gasteiger partial charge in [-0.3, -0.25) is 0 Å². The van der Waals surface area contributed by atoms with Gasteiger partial charge in [0.05, 0.1) is 0 Å². The summed E-state index contributed by atoms with van der Waals surface area (Å²) in [4.78, 5) is 12.2. The zero-order valence-electron chi connectivity index (χ0n) is 9.40. The zero-order chi connectivity index (χ0) is 12.3. The fraction of sp³-hybridized carbons (Fsp3) is 0.417. The lowest BCUT2D eigenvalue weighted by Gasteiger charge is -2.31. The molecule has 5 heteroatoms. The van der Waals surface area contributed by atoms with Crippen molar-refractivity contribution in [3.05, 3.63) is 27.8 Å². The van der Waals surface area contributed by atoms with Gasteiger partial charge in [-0.05, 0) is 59.7 Å². The highest BCUT2D eigenvalue weighted by atomic mass is 127. The Morgan fingerprint density at radius 2 is 1.88 bits per heavy atom. The summed E-state index contributed by atoms with van der Waals surface area (Å²) in [6, 6.07) is 8.63. The molecule has 1 aliphatic heterocycles. The Kier molecular flexibility index (Phi) is 4.09. The molecule has 2 N–H and O–H groups in total. The molecule has 1 aromatic rings. The van der Waals surface area contributed by atoms with Crippen LogP contribution in [0.5, 0.6) is 0 Å². The number of piperidine rings is 1. The van der Waals surface area contributed by atoms with E-state index in [1.807, 2.05) is 0 Å². The number of amides is 1.